The normalized spacial score (nSPS) is 12.8. The molecule has 0 aliphatic heterocycles. The van der Waals surface area contributed by atoms with Crippen molar-refractivity contribution in [1.29, 1.82) is 0 Å². The second-order valence-electron chi connectivity index (χ2n) is 5.47. The molecule has 1 atom stereocenters. The van der Waals surface area contributed by atoms with Crippen LogP contribution in [0.2, 0.25) is 0 Å². The van der Waals surface area contributed by atoms with Gasteiger partial charge in [-0.15, -0.1) is 0 Å². The maximum atomic E-state index is 12.3. The molecule has 5 nitrogen and oxygen atoms in total. The molecule has 0 aromatic carbocycles. The number of carboxylic acids is 1. The summed E-state index contributed by atoms with van der Waals surface area (Å²) in [5, 5.41) is 11.7. The summed E-state index contributed by atoms with van der Waals surface area (Å²) < 4.78 is 2.69. The van der Waals surface area contributed by atoms with Crippen molar-refractivity contribution in [1.82, 2.24) is 9.88 Å². The molecule has 0 bridgehead atoms. The van der Waals surface area contributed by atoms with Crippen LogP contribution in [0.15, 0.2) is 16.7 Å². The van der Waals surface area contributed by atoms with Crippen molar-refractivity contribution in [3.8, 4) is 0 Å². The molecule has 1 amide bonds. The molecule has 1 aromatic heterocycles. The minimum atomic E-state index is -0.913. The van der Waals surface area contributed by atoms with Crippen molar-refractivity contribution in [3.63, 3.8) is 0 Å². The summed E-state index contributed by atoms with van der Waals surface area (Å²) >= 11 is 3.36. The van der Waals surface area contributed by atoms with Gasteiger partial charge in [0.05, 0.1) is 6.42 Å². The number of amides is 1. The Morgan fingerprint density at radius 1 is 1.35 bits per heavy atom. The van der Waals surface area contributed by atoms with E-state index in [1.165, 1.54) is 0 Å². The number of hydrogen-bond acceptors (Lipinski definition) is 2. The quantitative estimate of drug-likeness (QED) is 0.832. The summed E-state index contributed by atoms with van der Waals surface area (Å²) in [6, 6.07) is 1.52. The zero-order valence-electron chi connectivity index (χ0n) is 12.2. The van der Waals surface area contributed by atoms with Gasteiger partial charge in [0, 0.05) is 22.8 Å². The summed E-state index contributed by atoms with van der Waals surface area (Å²) in [5.41, 5.74) is 0.530. The molecule has 0 radical (unpaired) electrons. The summed E-state index contributed by atoms with van der Waals surface area (Å²) in [6.45, 7) is 7.76. The average Bonchev–Trinajstić information content (AvgIpc) is 2.69. The fourth-order valence-electron chi connectivity index (χ4n) is 1.94. The van der Waals surface area contributed by atoms with Crippen LogP contribution in [0.1, 0.15) is 50.6 Å². The Labute approximate surface area is 127 Å². The summed E-state index contributed by atoms with van der Waals surface area (Å²) in [5.74, 6) is -1.10. The first-order valence-corrected chi connectivity index (χ1v) is 7.41. The molecule has 6 heteroatoms. The second kappa shape index (κ2) is 6.92. The highest BCUT2D eigenvalue weighted by atomic mass is 79.9. The number of carbonyl (C=O) groups excluding carboxylic acids is 1. The van der Waals surface area contributed by atoms with Gasteiger partial charge in [0.15, 0.2) is 0 Å². The molecule has 112 valence electrons. The van der Waals surface area contributed by atoms with Gasteiger partial charge in [0.2, 0.25) is 0 Å². The molecule has 0 aliphatic rings. The third-order valence-electron chi connectivity index (χ3n) is 3.12. The summed E-state index contributed by atoms with van der Waals surface area (Å²) in [6.07, 6.45) is 1.77. The molecule has 2 N–H and O–H groups in total. The summed E-state index contributed by atoms with van der Waals surface area (Å²) in [4.78, 5) is 23.2. The monoisotopic (exact) mass is 344 g/mol. The Hall–Kier alpha value is -1.30. The van der Waals surface area contributed by atoms with Crippen LogP contribution in [0.5, 0.6) is 0 Å². The third kappa shape index (κ3) is 4.37. The SMILES string of the molecule is CC(C)C(CC(=O)O)NC(=O)c1cc(Br)cn1C(C)C. The minimum Gasteiger partial charge on any atom is -0.481 e. The lowest BCUT2D eigenvalue weighted by molar-refractivity contribution is -0.137. The molecule has 0 aliphatic carbocycles. The van der Waals surface area contributed by atoms with Gasteiger partial charge in [0.1, 0.15) is 5.69 Å². The number of carbonyl (C=O) groups is 2. The molecule has 1 unspecified atom stereocenters. The van der Waals surface area contributed by atoms with Crippen molar-refractivity contribution in [2.45, 2.75) is 46.2 Å². The van der Waals surface area contributed by atoms with Gasteiger partial charge in [-0.3, -0.25) is 9.59 Å². The minimum absolute atomic E-state index is 0.0564. The molecule has 1 aromatic rings. The van der Waals surface area contributed by atoms with Gasteiger partial charge in [-0.2, -0.15) is 0 Å². The van der Waals surface area contributed by atoms with E-state index in [-0.39, 0.29) is 30.3 Å². The molecule has 0 fully saturated rings. The van der Waals surface area contributed by atoms with E-state index in [1.54, 1.807) is 6.07 Å². The molecule has 0 spiro atoms. The maximum absolute atomic E-state index is 12.3. The molecular weight excluding hydrogens is 324 g/mol. The Balaban J connectivity index is 2.91. The molecule has 0 saturated carbocycles. The van der Waals surface area contributed by atoms with E-state index < -0.39 is 5.97 Å². The van der Waals surface area contributed by atoms with Crippen LogP contribution in [0.4, 0.5) is 0 Å². The highest BCUT2D eigenvalue weighted by molar-refractivity contribution is 9.10. The number of aromatic nitrogens is 1. The van der Waals surface area contributed by atoms with Crippen LogP contribution in [0.25, 0.3) is 0 Å². The van der Waals surface area contributed by atoms with Crippen molar-refractivity contribution in [2.24, 2.45) is 5.92 Å². The van der Waals surface area contributed by atoms with Crippen molar-refractivity contribution >= 4 is 27.8 Å². The Morgan fingerprint density at radius 3 is 2.40 bits per heavy atom. The molecule has 1 rings (SSSR count). The van der Waals surface area contributed by atoms with E-state index in [0.717, 1.165) is 4.47 Å². The Kier molecular flexibility index (Phi) is 5.80. The van der Waals surface area contributed by atoms with E-state index >= 15 is 0 Å². The smallest absolute Gasteiger partial charge is 0.305 e. The highest BCUT2D eigenvalue weighted by Crippen LogP contribution is 2.20. The van der Waals surface area contributed by atoms with E-state index in [1.807, 2.05) is 38.5 Å². The van der Waals surface area contributed by atoms with Gasteiger partial charge in [-0.25, -0.2) is 0 Å². The lowest BCUT2D eigenvalue weighted by Crippen LogP contribution is -2.40. The summed E-state index contributed by atoms with van der Waals surface area (Å²) in [7, 11) is 0. The van der Waals surface area contributed by atoms with Gasteiger partial charge in [-0.05, 0) is 41.8 Å². The van der Waals surface area contributed by atoms with E-state index in [4.69, 9.17) is 5.11 Å². The van der Waals surface area contributed by atoms with Crippen molar-refractivity contribution < 1.29 is 14.7 Å². The zero-order chi connectivity index (χ0) is 15.4. The Bertz CT molecular complexity index is 495. The molecule has 20 heavy (non-hydrogen) atoms. The number of aliphatic carboxylic acids is 1. The Morgan fingerprint density at radius 2 is 1.95 bits per heavy atom. The van der Waals surface area contributed by atoms with Crippen LogP contribution in [-0.4, -0.2) is 27.6 Å². The van der Waals surface area contributed by atoms with Crippen molar-refractivity contribution in [2.75, 3.05) is 0 Å². The fourth-order valence-corrected chi connectivity index (χ4v) is 2.38. The topological polar surface area (TPSA) is 71.3 Å². The van der Waals surface area contributed by atoms with E-state index in [9.17, 15) is 9.59 Å². The zero-order valence-corrected chi connectivity index (χ0v) is 13.8. The predicted octanol–water partition coefficient (Wildman–Crippen LogP) is 3.06. The largest absolute Gasteiger partial charge is 0.481 e. The molecule has 0 saturated heterocycles. The lowest BCUT2D eigenvalue weighted by atomic mass is 10.0. The van der Waals surface area contributed by atoms with Crippen LogP contribution in [0, 0.1) is 5.92 Å². The van der Waals surface area contributed by atoms with Crippen LogP contribution in [0.3, 0.4) is 0 Å². The predicted molar refractivity (Wildman–Crippen MR) is 80.9 cm³/mol. The number of nitrogens with one attached hydrogen (secondary N) is 1. The van der Waals surface area contributed by atoms with Crippen LogP contribution in [-0.2, 0) is 4.79 Å². The number of rotatable bonds is 6. The van der Waals surface area contributed by atoms with Crippen LogP contribution < -0.4 is 5.32 Å². The first-order chi connectivity index (χ1) is 9.22. The van der Waals surface area contributed by atoms with Gasteiger partial charge in [-0.1, -0.05) is 13.8 Å². The number of carboxylic acid groups (broad SMARTS) is 1. The second-order valence-corrected chi connectivity index (χ2v) is 6.38. The first-order valence-electron chi connectivity index (χ1n) is 6.62. The van der Waals surface area contributed by atoms with Gasteiger partial charge >= 0.3 is 5.97 Å². The maximum Gasteiger partial charge on any atom is 0.305 e. The van der Waals surface area contributed by atoms with Crippen molar-refractivity contribution in [3.05, 3.63) is 22.4 Å². The van der Waals surface area contributed by atoms with E-state index in [0.29, 0.717) is 5.69 Å². The van der Waals surface area contributed by atoms with Gasteiger partial charge < -0.3 is 15.0 Å². The third-order valence-corrected chi connectivity index (χ3v) is 3.55. The first kappa shape index (κ1) is 16.8. The number of nitrogens with zero attached hydrogens (tertiary/aromatic N) is 1. The highest BCUT2D eigenvalue weighted by Gasteiger charge is 2.22. The number of halogens is 1. The molecular formula is C14H21BrN2O3. The van der Waals surface area contributed by atoms with Gasteiger partial charge in [0.25, 0.3) is 5.91 Å². The van der Waals surface area contributed by atoms with Crippen LogP contribution >= 0.6 is 15.9 Å². The molecule has 1 heterocycles. The number of hydrogen-bond donors (Lipinski definition) is 2. The average molecular weight is 345 g/mol. The van der Waals surface area contributed by atoms with E-state index in [2.05, 4.69) is 21.2 Å². The lowest BCUT2D eigenvalue weighted by Gasteiger charge is -2.21. The standard InChI is InChI=1S/C14H21BrN2O3/c1-8(2)11(6-13(18)19)16-14(20)12-5-10(15)7-17(12)9(3)4/h5,7-9,11H,6H2,1-4H3,(H,16,20)(H,18,19). The fraction of sp³-hybridized carbons (Fsp3) is 0.571.